The Morgan fingerprint density at radius 2 is 2.00 bits per heavy atom. The fourth-order valence-electron chi connectivity index (χ4n) is 2.21. The number of benzene rings is 2. The minimum atomic E-state index is 0.565. The number of aryl methyl sites for hydroxylation is 1. The highest BCUT2D eigenvalue weighted by atomic mass is 35.5. The van der Waals surface area contributed by atoms with Gasteiger partial charge in [-0.2, -0.15) is 0 Å². The van der Waals surface area contributed by atoms with Gasteiger partial charge >= 0.3 is 0 Å². The topological polar surface area (TPSA) is 69.6 Å². The number of aromatic nitrogens is 4. The molecule has 0 atom stereocenters. The summed E-state index contributed by atoms with van der Waals surface area (Å²) >= 11 is 6.05. The van der Waals surface area contributed by atoms with E-state index in [0.717, 1.165) is 5.56 Å². The van der Waals surface area contributed by atoms with Crippen molar-refractivity contribution in [3.05, 3.63) is 58.6 Å². The molecule has 0 aliphatic carbocycles. The van der Waals surface area contributed by atoms with E-state index in [1.54, 1.807) is 16.8 Å². The van der Waals surface area contributed by atoms with Crippen LogP contribution in [0.5, 0.6) is 0 Å². The highest BCUT2D eigenvalue weighted by Crippen LogP contribution is 2.24. The lowest BCUT2D eigenvalue weighted by atomic mass is 10.1. The van der Waals surface area contributed by atoms with Crippen molar-refractivity contribution in [2.75, 3.05) is 5.73 Å². The van der Waals surface area contributed by atoms with Crippen LogP contribution in [0.4, 0.5) is 5.69 Å². The number of halogens is 1. The largest absolute Gasteiger partial charge is 0.399 e. The minimum Gasteiger partial charge on any atom is -0.399 e. The summed E-state index contributed by atoms with van der Waals surface area (Å²) in [5.41, 5.74) is 9.59. The van der Waals surface area contributed by atoms with Gasteiger partial charge < -0.3 is 5.73 Å². The van der Waals surface area contributed by atoms with E-state index in [1.165, 1.54) is 11.1 Å². The van der Waals surface area contributed by atoms with Crippen LogP contribution in [0.15, 0.2) is 42.5 Å². The van der Waals surface area contributed by atoms with Crippen LogP contribution >= 0.6 is 11.6 Å². The molecule has 0 fully saturated rings. The number of nitrogens with zero attached hydrogens (tertiary/aromatic N) is 4. The zero-order chi connectivity index (χ0) is 14.8. The summed E-state index contributed by atoms with van der Waals surface area (Å²) in [7, 11) is 0. The van der Waals surface area contributed by atoms with Gasteiger partial charge in [0.25, 0.3) is 0 Å². The van der Waals surface area contributed by atoms with Crippen molar-refractivity contribution in [1.82, 2.24) is 20.2 Å². The quantitative estimate of drug-likeness (QED) is 0.755. The van der Waals surface area contributed by atoms with Crippen LogP contribution in [-0.2, 0) is 6.54 Å². The number of rotatable bonds is 3. The molecule has 3 aromatic rings. The second-order valence-corrected chi connectivity index (χ2v) is 5.30. The Hall–Kier alpha value is -2.40. The third-order valence-electron chi connectivity index (χ3n) is 3.29. The van der Waals surface area contributed by atoms with Gasteiger partial charge in [-0.25, -0.2) is 4.68 Å². The SMILES string of the molecule is Cc1ccccc1Cn1nnnc1-c1cc(N)cc(Cl)c1. The summed E-state index contributed by atoms with van der Waals surface area (Å²) in [4.78, 5) is 0. The van der Waals surface area contributed by atoms with E-state index in [-0.39, 0.29) is 0 Å². The molecule has 1 heterocycles. The van der Waals surface area contributed by atoms with Crippen molar-refractivity contribution < 1.29 is 0 Å². The van der Waals surface area contributed by atoms with Gasteiger partial charge in [0.15, 0.2) is 5.82 Å². The van der Waals surface area contributed by atoms with Crippen LogP contribution < -0.4 is 5.73 Å². The Labute approximate surface area is 127 Å². The van der Waals surface area contributed by atoms with Crippen molar-refractivity contribution in [1.29, 1.82) is 0 Å². The van der Waals surface area contributed by atoms with Gasteiger partial charge in [-0.3, -0.25) is 0 Å². The van der Waals surface area contributed by atoms with Crippen molar-refractivity contribution in [3.63, 3.8) is 0 Å². The monoisotopic (exact) mass is 299 g/mol. The van der Waals surface area contributed by atoms with Gasteiger partial charge in [-0.1, -0.05) is 35.9 Å². The molecule has 21 heavy (non-hydrogen) atoms. The summed E-state index contributed by atoms with van der Waals surface area (Å²) in [5.74, 6) is 0.646. The highest BCUT2D eigenvalue weighted by molar-refractivity contribution is 6.31. The first-order chi connectivity index (χ1) is 10.1. The molecular formula is C15H14ClN5. The molecule has 0 radical (unpaired) electrons. The number of nitrogens with two attached hydrogens (primary N) is 1. The third-order valence-corrected chi connectivity index (χ3v) is 3.51. The average molecular weight is 300 g/mol. The number of hydrogen-bond donors (Lipinski definition) is 1. The molecule has 2 N–H and O–H groups in total. The number of tetrazole rings is 1. The second kappa shape index (κ2) is 5.54. The van der Waals surface area contributed by atoms with E-state index in [0.29, 0.717) is 23.1 Å². The fourth-order valence-corrected chi connectivity index (χ4v) is 2.45. The van der Waals surface area contributed by atoms with Crippen LogP contribution in [0.1, 0.15) is 11.1 Å². The Morgan fingerprint density at radius 1 is 1.19 bits per heavy atom. The van der Waals surface area contributed by atoms with Gasteiger partial charge in [0.05, 0.1) is 6.54 Å². The maximum atomic E-state index is 6.05. The molecule has 0 aliphatic rings. The molecule has 0 unspecified atom stereocenters. The lowest BCUT2D eigenvalue weighted by Gasteiger charge is -2.08. The summed E-state index contributed by atoms with van der Waals surface area (Å²) < 4.78 is 1.74. The molecule has 0 spiro atoms. The molecule has 0 bridgehead atoms. The molecule has 1 aromatic heterocycles. The van der Waals surface area contributed by atoms with Crippen LogP contribution in [0.3, 0.4) is 0 Å². The molecule has 0 saturated heterocycles. The van der Waals surface area contributed by atoms with Gasteiger partial charge in [0.1, 0.15) is 0 Å². The normalized spacial score (nSPS) is 10.8. The van der Waals surface area contributed by atoms with Crippen molar-refractivity contribution >= 4 is 17.3 Å². The second-order valence-electron chi connectivity index (χ2n) is 4.86. The van der Waals surface area contributed by atoms with E-state index < -0.39 is 0 Å². The van der Waals surface area contributed by atoms with Crippen LogP contribution in [0.25, 0.3) is 11.4 Å². The van der Waals surface area contributed by atoms with Crippen LogP contribution in [0.2, 0.25) is 5.02 Å². The lowest BCUT2D eigenvalue weighted by molar-refractivity contribution is 0.651. The van der Waals surface area contributed by atoms with E-state index in [9.17, 15) is 0 Å². The molecule has 0 saturated carbocycles. The lowest BCUT2D eigenvalue weighted by Crippen LogP contribution is -2.06. The van der Waals surface area contributed by atoms with Crippen LogP contribution in [0, 0.1) is 6.92 Å². The smallest absolute Gasteiger partial charge is 0.182 e. The van der Waals surface area contributed by atoms with Gasteiger partial charge in [0, 0.05) is 16.3 Å². The zero-order valence-corrected chi connectivity index (χ0v) is 12.2. The first kappa shape index (κ1) is 13.6. The van der Waals surface area contributed by atoms with Crippen molar-refractivity contribution in [2.45, 2.75) is 13.5 Å². The standard InChI is InChI=1S/C15H14ClN5/c1-10-4-2-3-5-11(10)9-21-15(18-19-20-21)12-6-13(16)8-14(17)7-12/h2-8H,9,17H2,1H3. The summed E-state index contributed by atoms with van der Waals surface area (Å²) in [6.07, 6.45) is 0. The van der Waals surface area contributed by atoms with Crippen LogP contribution in [-0.4, -0.2) is 20.2 Å². The van der Waals surface area contributed by atoms with Crippen molar-refractivity contribution in [2.24, 2.45) is 0 Å². The maximum Gasteiger partial charge on any atom is 0.182 e. The Balaban J connectivity index is 1.99. The molecule has 5 nitrogen and oxygen atoms in total. The predicted molar refractivity (Wildman–Crippen MR) is 83.0 cm³/mol. The highest BCUT2D eigenvalue weighted by Gasteiger charge is 2.11. The Kier molecular flexibility index (Phi) is 3.58. The molecule has 2 aromatic carbocycles. The van der Waals surface area contributed by atoms with Crippen molar-refractivity contribution in [3.8, 4) is 11.4 Å². The van der Waals surface area contributed by atoms with Gasteiger partial charge in [-0.15, -0.1) is 5.10 Å². The van der Waals surface area contributed by atoms with E-state index in [4.69, 9.17) is 17.3 Å². The number of hydrogen-bond acceptors (Lipinski definition) is 4. The summed E-state index contributed by atoms with van der Waals surface area (Å²) in [6.45, 7) is 2.66. The predicted octanol–water partition coefficient (Wildman–Crippen LogP) is 2.93. The van der Waals surface area contributed by atoms with Gasteiger partial charge in [-0.05, 0) is 46.7 Å². The molecule has 0 amide bonds. The van der Waals surface area contributed by atoms with Gasteiger partial charge in [0.2, 0.25) is 0 Å². The maximum absolute atomic E-state index is 6.05. The van der Waals surface area contributed by atoms with E-state index in [2.05, 4.69) is 34.6 Å². The molecule has 106 valence electrons. The minimum absolute atomic E-state index is 0.565. The van der Waals surface area contributed by atoms with E-state index in [1.807, 2.05) is 18.2 Å². The molecule has 6 heteroatoms. The molecular weight excluding hydrogens is 286 g/mol. The first-order valence-electron chi connectivity index (χ1n) is 6.50. The Bertz CT molecular complexity index is 761. The molecule has 0 aliphatic heterocycles. The first-order valence-corrected chi connectivity index (χ1v) is 6.88. The number of nitrogen functional groups attached to an aromatic ring is 1. The Morgan fingerprint density at radius 3 is 2.76 bits per heavy atom. The summed E-state index contributed by atoms with van der Waals surface area (Å²) in [6, 6.07) is 13.5. The average Bonchev–Trinajstić information content (AvgIpc) is 2.88. The van der Waals surface area contributed by atoms with E-state index >= 15 is 0 Å². The zero-order valence-electron chi connectivity index (χ0n) is 11.5. The molecule has 3 rings (SSSR count). The summed E-state index contributed by atoms with van der Waals surface area (Å²) in [5, 5.41) is 12.5. The number of anilines is 1. The third kappa shape index (κ3) is 2.87. The fraction of sp³-hybridized carbons (Fsp3) is 0.133.